The Morgan fingerprint density at radius 2 is 1.88 bits per heavy atom. The summed E-state index contributed by atoms with van der Waals surface area (Å²) in [4.78, 5) is 2.28. The molecule has 0 radical (unpaired) electrons. The van der Waals surface area contributed by atoms with Crippen LogP contribution in [0.2, 0.25) is 0 Å². The number of hydrogen-bond acceptors (Lipinski definition) is 2. The Balaban J connectivity index is 1.97. The van der Waals surface area contributed by atoms with E-state index in [9.17, 15) is 4.39 Å². The topological polar surface area (TPSA) is 29.3 Å². The molecule has 2 aliphatic heterocycles. The Kier molecular flexibility index (Phi) is 2.58. The van der Waals surface area contributed by atoms with Crippen molar-refractivity contribution in [1.82, 2.24) is 0 Å². The van der Waals surface area contributed by atoms with Gasteiger partial charge in [0, 0.05) is 18.1 Å². The highest BCUT2D eigenvalue weighted by Crippen LogP contribution is 2.39. The van der Waals surface area contributed by atoms with Gasteiger partial charge in [-0.25, -0.2) is 4.39 Å². The first kappa shape index (κ1) is 11.0. The van der Waals surface area contributed by atoms with Crippen molar-refractivity contribution in [3.63, 3.8) is 0 Å². The fourth-order valence-electron chi connectivity index (χ4n) is 3.43. The van der Waals surface area contributed by atoms with Gasteiger partial charge in [-0.2, -0.15) is 0 Å². The van der Waals surface area contributed by atoms with Gasteiger partial charge in [0.15, 0.2) is 0 Å². The molecule has 0 aliphatic carbocycles. The van der Waals surface area contributed by atoms with Crippen LogP contribution in [-0.2, 0) is 0 Å². The molecule has 2 aliphatic rings. The molecule has 17 heavy (non-hydrogen) atoms. The maximum atomic E-state index is 14.0. The number of rotatable bonds is 1. The fourth-order valence-corrected chi connectivity index (χ4v) is 3.43. The third-order valence-electron chi connectivity index (χ3n) is 4.15. The Morgan fingerprint density at radius 1 is 1.24 bits per heavy atom. The fraction of sp³-hybridized carbons (Fsp3) is 0.571. The molecule has 2 heterocycles. The minimum Gasteiger partial charge on any atom is -0.363 e. The molecule has 2 atom stereocenters. The summed E-state index contributed by atoms with van der Waals surface area (Å²) >= 11 is 0. The minimum atomic E-state index is -0.0945. The van der Waals surface area contributed by atoms with E-state index < -0.39 is 0 Å². The summed E-state index contributed by atoms with van der Waals surface area (Å²) in [6.07, 6.45) is 4.32. The van der Waals surface area contributed by atoms with Crippen molar-refractivity contribution >= 4 is 5.69 Å². The third-order valence-corrected chi connectivity index (χ3v) is 4.15. The lowest BCUT2D eigenvalue weighted by atomic mass is 9.97. The SMILES string of the molecule is Cc1ccc(F)c(N2C3CCC2CC(N)C3)c1. The first-order valence-electron chi connectivity index (χ1n) is 6.45. The Labute approximate surface area is 102 Å². The zero-order chi connectivity index (χ0) is 12.0. The van der Waals surface area contributed by atoms with Gasteiger partial charge in [-0.3, -0.25) is 0 Å². The number of piperidine rings is 1. The highest BCUT2D eigenvalue weighted by molar-refractivity contribution is 5.53. The van der Waals surface area contributed by atoms with Crippen molar-refractivity contribution in [2.75, 3.05) is 4.90 Å². The van der Waals surface area contributed by atoms with Gasteiger partial charge in [-0.05, 0) is 50.3 Å². The number of anilines is 1. The lowest BCUT2D eigenvalue weighted by molar-refractivity contribution is 0.410. The molecule has 2 bridgehead atoms. The van der Waals surface area contributed by atoms with Crippen LogP contribution < -0.4 is 10.6 Å². The van der Waals surface area contributed by atoms with Crippen molar-refractivity contribution in [2.24, 2.45) is 5.73 Å². The number of halogens is 1. The first-order chi connectivity index (χ1) is 8.15. The third kappa shape index (κ3) is 1.82. The smallest absolute Gasteiger partial charge is 0.146 e. The molecule has 1 aromatic rings. The second-order valence-electron chi connectivity index (χ2n) is 5.48. The monoisotopic (exact) mass is 234 g/mol. The average molecular weight is 234 g/mol. The van der Waals surface area contributed by atoms with Crippen LogP contribution in [0.5, 0.6) is 0 Å². The molecule has 2 fully saturated rings. The van der Waals surface area contributed by atoms with Gasteiger partial charge in [0.2, 0.25) is 0 Å². The molecule has 1 aromatic carbocycles. The van der Waals surface area contributed by atoms with E-state index in [0.717, 1.165) is 36.9 Å². The predicted octanol–water partition coefficient (Wildman–Crippen LogP) is 2.59. The van der Waals surface area contributed by atoms with Crippen LogP contribution in [-0.4, -0.2) is 18.1 Å². The zero-order valence-corrected chi connectivity index (χ0v) is 10.2. The molecule has 0 saturated carbocycles. The minimum absolute atomic E-state index is 0.0945. The van der Waals surface area contributed by atoms with Gasteiger partial charge >= 0.3 is 0 Å². The number of benzene rings is 1. The summed E-state index contributed by atoms with van der Waals surface area (Å²) in [5, 5.41) is 0. The molecular weight excluding hydrogens is 215 g/mol. The Hall–Kier alpha value is -1.09. The van der Waals surface area contributed by atoms with Gasteiger partial charge in [-0.1, -0.05) is 6.07 Å². The second-order valence-corrected chi connectivity index (χ2v) is 5.48. The molecule has 0 aromatic heterocycles. The molecule has 2 N–H and O–H groups in total. The van der Waals surface area contributed by atoms with Crippen LogP contribution in [0.3, 0.4) is 0 Å². The predicted molar refractivity (Wildman–Crippen MR) is 67.6 cm³/mol. The zero-order valence-electron chi connectivity index (χ0n) is 10.2. The number of aryl methyl sites for hydroxylation is 1. The molecule has 0 amide bonds. The summed E-state index contributed by atoms with van der Waals surface area (Å²) in [6.45, 7) is 2.01. The number of nitrogens with two attached hydrogens (primary N) is 1. The van der Waals surface area contributed by atoms with Crippen molar-refractivity contribution in [1.29, 1.82) is 0 Å². The van der Waals surface area contributed by atoms with E-state index in [2.05, 4.69) is 4.90 Å². The molecule has 2 nitrogen and oxygen atoms in total. The van der Waals surface area contributed by atoms with Gasteiger partial charge in [0.1, 0.15) is 5.82 Å². The maximum Gasteiger partial charge on any atom is 0.146 e. The summed E-state index contributed by atoms with van der Waals surface area (Å²) in [7, 11) is 0. The molecule has 0 spiro atoms. The number of nitrogens with zero attached hydrogens (tertiary/aromatic N) is 1. The normalized spacial score (nSPS) is 31.9. The van der Waals surface area contributed by atoms with Gasteiger partial charge in [-0.15, -0.1) is 0 Å². The van der Waals surface area contributed by atoms with Crippen molar-refractivity contribution in [3.8, 4) is 0 Å². The molecule has 3 heteroatoms. The average Bonchev–Trinajstić information content (AvgIpc) is 2.54. The molecule has 2 unspecified atom stereocenters. The standard InChI is InChI=1S/C14H19FN2/c1-9-2-5-13(15)14(6-9)17-11-3-4-12(17)8-10(16)7-11/h2,5-6,10-12H,3-4,7-8,16H2,1H3. The van der Waals surface area contributed by atoms with Crippen LogP contribution in [0.4, 0.5) is 10.1 Å². The quantitative estimate of drug-likeness (QED) is 0.809. The lowest BCUT2D eigenvalue weighted by Crippen LogP contribution is -2.47. The maximum absolute atomic E-state index is 14.0. The largest absolute Gasteiger partial charge is 0.363 e. The van der Waals surface area contributed by atoms with Gasteiger partial charge in [0.05, 0.1) is 5.69 Å². The van der Waals surface area contributed by atoms with E-state index in [-0.39, 0.29) is 5.82 Å². The van der Waals surface area contributed by atoms with E-state index in [0.29, 0.717) is 18.1 Å². The van der Waals surface area contributed by atoms with E-state index >= 15 is 0 Å². The molecular formula is C14H19FN2. The lowest BCUT2D eigenvalue weighted by Gasteiger charge is -2.39. The highest BCUT2D eigenvalue weighted by atomic mass is 19.1. The van der Waals surface area contributed by atoms with E-state index in [1.165, 1.54) is 0 Å². The van der Waals surface area contributed by atoms with E-state index in [4.69, 9.17) is 5.73 Å². The summed E-state index contributed by atoms with van der Waals surface area (Å²) in [5.41, 5.74) is 7.95. The highest BCUT2D eigenvalue weighted by Gasteiger charge is 2.40. The summed E-state index contributed by atoms with van der Waals surface area (Å²) < 4.78 is 14.0. The Morgan fingerprint density at radius 3 is 2.53 bits per heavy atom. The van der Waals surface area contributed by atoms with E-state index in [1.807, 2.05) is 19.1 Å². The van der Waals surface area contributed by atoms with Crippen LogP contribution in [0, 0.1) is 12.7 Å². The number of fused-ring (bicyclic) bond motifs is 2. The van der Waals surface area contributed by atoms with E-state index in [1.54, 1.807) is 6.07 Å². The summed E-state index contributed by atoms with van der Waals surface area (Å²) in [5.74, 6) is -0.0945. The second kappa shape index (κ2) is 3.98. The molecule has 3 rings (SSSR count). The van der Waals surface area contributed by atoms with Gasteiger partial charge < -0.3 is 10.6 Å². The first-order valence-corrected chi connectivity index (χ1v) is 6.45. The van der Waals surface area contributed by atoms with Crippen molar-refractivity contribution in [3.05, 3.63) is 29.6 Å². The van der Waals surface area contributed by atoms with Gasteiger partial charge in [0.25, 0.3) is 0 Å². The van der Waals surface area contributed by atoms with Crippen LogP contribution in [0.1, 0.15) is 31.2 Å². The molecule has 2 saturated heterocycles. The van der Waals surface area contributed by atoms with Crippen molar-refractivity contribution < 1.29 is 4.39 Å². The summed E-state index contributed by atoms with van der Waals surface area (Å²) in [6, 6.07) is 6.57. The van der Waals surface area contributed by atoms with Crippen LogP contribution >= 0.6 is 0 Å². The number of hydrogen-bond donors (Lipinski definition) is 1. The Bertz CT molecular complexity index is 418. The van der Waals surface area contributed by atoms with Crippen LogP contribution in [0.25, 0.3) is 0 Å². The molecule has 92 valence electrons. The van der Waals surface area contributed by atoms with Crippen LogP contribution in [0.15, 0.2) is 18.2 Å². The van der Waals surface area contributed by atoms with Crippen molar-refractivity contribution in [2.45, 2.75) is 50.7 Å².